The van der Waals surface area contributed by atoms with Crippen LogP contribution in [0.1, 0.15) is 54.1 Å². The van der Waals surface area contributed by atoms with Crippen molar-refractivity contribution in [2.24, 2.45) is 0 Å². The zero-order valence-electron chi connectivity index (χ0n) is 13.3. The number of hydrogen-bond donors (Lipinski definition) is 0. The third-order valence-electron chi connectivity index (χ3n) is 4.99. The van der Waals surface area contributed by atoms with Crippen molar-refractivity contribution in [3.8, 4) is 5.75 Å². The van der Waals surface area contributed by atoms with E-state index in [1.165, 1.54) is 24.0 Å². The van der Waals surface area contributed by atoms with E-state index in [0.29, 0.717) is 3.92 Å². The number of rotatable bonds is 5. The molecule has 0 aliphatic heterocycles. The second kappa shape index (κ2) is 6.00. The van der Waals surface area contributed by atoms with E-state index in [2.05, 4.69) is 65.9 Å². The van der Waals surface area contributed by atoms with Gasteiger partial charge >= 0.3 is 0 Å². The molecule has 3 heteroatoms. The standard InChI is InChI=1S/C20H21IO2/c1-2-18(21)14-5-7-15(8-6-14)23-20(11-3-4-12-20)17-13-16-9-10-19(17)22-16/h5-10,13,18H,2-4,11-12H2,1H3. The Bertz CT molecular complexity index is 768. The van der Waals surface area contributed by atoms with Crippen molar-refractivity contribution in [1.29, 1.82) is 0 Å². The quantitative estimate of drug-likeness (QED) is 0.343. The number of hydrogen-bond acceptors (Lipinski definition) is 2. The molecule has 4 rings (SSSR count). The van der Waals surface area contributed by atoms with Gasteiger partial charge in [0.1, 0.15) is 22.5 Å². The third-order valence-corrected chi connectivity index (χ3v) is 6.59. The fraction of sp³-hybridized carbons (Fsp3) is 0.400. The van der Waals surface area contributed by atoms with Crippen LogP contribution in [0.15, 0.2) is 46.9 Å². The SMILES string of the molecule is CCC(I)c1ccc(OC2(c3cc4ccc3o4)CCCC2)cc1. The average Bonchev–Trinajstić information content (AvgIpc) is 3.32. The van der Waals surface area contributed by atoms with Crippen LogP contribution < -0.4 is 4.74 Å². The number of halogens is 1. The molecule has 0 spiro atoms. The monoisotopic (exact) mass is 420 g/mol. The second-order valence-corrected chi connectivity index (χ2v) is 8.01. The summed E-state index contributed by atoms with van der Waals surface area (Å²) in [5.41, 5.74) is 4.33. The first-order chi connectivity index (χ1) is 11.2. The molecule has 0 radical (unpaired) electrons. The first-order valence-corrected chi connectivity index (χ1v) is 9.70. The topological polar surface area (TPSA) is 22.4 Å². The van der Waals surface area contributed by atoms with E-state index >= 15 is 0 Å². The summed E-state index contributed by atoms with van der Waals surface area (Å²) in [6.45, 7) is 2.22. The van der Waals surface area contributed by atoms with Crippen molar-refractivity contribution in [3.05, 3.63) is 53.6 Å². The van der Waals surface area contributed by atoms with E-state index in [1.807, 2.05) is 6.07 Å². The maximum Gasteiger partial charge on any atom is 0.138 e. The fourth-order valence-corrected chi connectivity index (χ4v) is 4.14. The largest absolute Gasteiger partial charge is 0.482 e. The maximum absolute atomic E-state index is 6.55. The molecular weight excluding hydrogens is 399 g/mol. The first kappa shape index (κ1) is 15.3. The molecule has 2 bridgehead atoms. The lowest BCUT2D eigenvalue weighted by atomic mass is 9.91. The molecule has 1 saturated carbocycles. The van der Waals surface area contributed by atoms with Gasteiger partial charge in [-0.2, -0.15) is 0 Å². The van der Waals surface area contributed by atoms with Crippen LogP contribution in [0.3, 0.4) is 0 Å². The van der Waals surface area contributed by atoms with E-state index in [-0.39, 0.29) is 5.60 Å². The predicted octanol–water partition coefficient (Wildman–Crippen LogP) is 6.61. The smallest absolute Gasteiger partial charge is 0.138 e. The molecule has 0 amide bonds. The van der Waals surface area contributed by atoms with Crippen molar-refractivity contribution in [2.75, 3.05) is 0 Å². The van der Waals surface area contributed by atoms with Gasteiger partial charge in [0.05, 0.1) is 0 Å². The van der Waals surface area contributed by atoms with Gasteiger partial charge in [0.25, 0.3) is 0 Å². The normalized spacial score (nSPS) is 18.5. The number of fused-ring (bicyclic) bond motifs is 2. The van der Waals surface area contributed by atoms with Crippen LogP contribution in [-0.4, -0.2) is 0 Å². The summed E-state index contributed by atoms with van der Waals surface area (Å²) in [7, 11) is 0. The van der Waals surface area contributed by atoms with Crippen molar-refractivity contribution in [2.45, 2.75) is 48.6 Å². The van der Waals surface area contributed by atoms with Crippen LogP contribution in [0.4, 0.5) is 0 Å². The molecule has 120 valence electrons. The van der Waals surface area contributed by atoms with E-state index in [9.17, 15) is 0 Å². The fourth-order valence-electron chi connectivity index (χ4n) is 3.72. The van der Waals surface area contributed by atoms with Gasteiger partial charge in [0.15, 0.2) is 0 Å². The van der Waals surface area contributed by atoms with Gasteiger partial charge in [-0.3, -0.25) is 0 Å². The minimum Gasteiger partial charge on any atom is -0.482 e. The second-order valence-electron chi connectivity index (χ2n) is 6.51. The first-order valence-electron chi connectivity index (χ1n) is 8.46. The van der Waals surface area contributed by atoms with Gasteiger partial charge in [-0.05, 0) is 68.0 Å². The third kappa shape index (κ3) is 2.73. The van der Waals surface area contributed by atoms with E-state index in [1.54, 1.807) is 0 Å². The lowest BCUT2D eigenvalue weighted by Gasteiger charge is -2.30. The summed E-state index contributed by atoms with van der Waals surface area (Å²) < 4.78 is 12.9. The summed E-state index contributed by atoms with van der Waals surface area (Å²) in [4.78, 5) is 0. The Kier molecular flexibility index (Phi) is 4.00. The summed E-state index contributed by atoms with van der Waals surface area (Å²) >= 11 is 2.50. The average molecular weight is 420 g/mol. The minimum absolute atomic E-state index is 0.210. The van der Waals surface area contributed by atoms with E-state index in [4.69, 9.17) is 9.15 Å². The predicted molar refractivity (Wildman–Crippen MR) is 102 cm³/mol. The molecule has 1 fully saturated rings. The highest BCUT2D eigenvalue weighted by atomic mass is 127. The van der Waals surface area contributed by atoms with Gasteiger partial charge in [-0.1, -0.05) is 41.6 Å². The molecule has 23 heavy (non-hydrogen) atoms. The van der Waals surface area contributed by atoms with Crippen LogP contribution in [0, 0.1) is 0 Å². The number of alkyl halides is 1. The summed E-state index contributed by atoms with van der Waals surface area (Å²) in [5.74, 6) is 0.966. The van der Waals surface area contributed by atoms with Crippen LogP contribution in [-0.2, 0) is 5.60 Å². The summed E-state index contributed by atoms with van der Waals surface area (Å²) in [5, 5.41) is 0. The molecule has 1 aliphatic carbocycles. The van der Waals surface area contributed by atoms with Crippen LogP contribution >= 0.6 is 22.6 Å². The Morgan fingerprint density at radius 1 is 1.13 bits per heavy atom. The molecule has 3 aromatic rings. The molecule has 0 N–H and O–H groups in total. The van der Waals surface area contributed by atoms with Crippen LogP contribution in [0.2, 0.25) is 0 Å². The highest BCUT2D eigenvalue weighted by Gasteiger charge is 2.40. The number of ether oxygens (including phenoxy) is 1. The maximum atomic E-state index is 6.55. The van der Waals surface area contributed by atoms with E-state index in [0.717, 1.165) is 36.2 Å². The van der Waals surface area contributed by atoms with Crippen molar-refractivity contribution in [3.63, 3.8) is 0 Å². The Morgan fingerprint density at radius 3 is 2.43 bits per heavy atom. The molecule has 1 aromatic carbocycles. The molecule has 2 heterocycles. The highest BCUT2D eigenvalue weighted by molar-refractivity contribution is 14.1. The van der Waals surface area contributed by atoms with Crippen LogP contribution in [0.5, 0.6) is 5.75 Å². The Morgan fingerprint density at radius 2 is 1.87 bits per heavy atom. The molecule has 0 saturated heterocycles. The Balaban J connectivity index is 1.63. The zero-order chi connectivity index (χ0) is 15.9. The van der Waals surface area contributed by atoms with Crippen molar-refractivity contribution >= 4 is 33.8 Å². The Hall–Kier alpha value is -1.23. The molecule has 2 aromatic heterocycles. The van der Waals surface area contributed by atoms with Gasteiger partial charge in [0, 0.05) is 9.49 Å². The summed E-state index contributed by atoms with van der Waals surface area (Å²) in [6, 6.07) is 14.9. The molecular formula is C20H21IO2. The molecule has 1 aliphatic rings. The van der Waals surface area contributed by atoms with Crippen LogP contribution in [0.25, 0.3) is 11.2 Å². The summed E-state index contributed by atoms with van der Waals surface area (Å²) in [6.07, 6.45) is 5.72. The zero-order valence-corrected chi connectivity index (χ0v) is 15.5. The van der Waals surface area contributed by atoms with Gasteiger partial charge in [-0.15, -0.1) is 0 Å². The lowest BCUT2D eigenvalue weighted by molar-refractivity contribution is 0.0752. The van der Waals surface area contributed by atoms with Gasteiger partial charge in [-0.25, -0.2) is 0 Å². The molecule has 1 atom stereocenters. The number of benzene rings is 2. The molecule has 2 nitrogen and oxygen atoms in total. The van der Waals surface area contributed by atoms with Gasteiger partial charge in [0.2, 0.25) is 0 Å². The van der Waals surface area contributed by atoms with Crippen molar-refractivity contribution in [1.82, 2.24) is 0 Å². The lowest BCUT2D eigenvalue weighted by Crippen LogP contribution is -2.29. The Labute approximate surface area is 150 Å². The van der Waals surface area contributed by atoms with Crippen molar-refractivity contribution < 1.29 is 9.15 Å². The molecule has 1 unspecified atom stereocenters. The minimum atomic E-state index is -0.210. The van der Waals surface area contributed by atoms with Gasteiger partial charge < -0.3 is 9.15 Å². The number of furan rings is 2. The highest BCUT2D eigenvalue weighted by Crippen LogP contribution is 2.46. The van der Waals surface area contributed by atoms with E-state index < -0.39 is 0 Å².